The average Bonchev–Trinajstić information content (AvgIpc) is 2.79. The molecule has 3 rings (SSSR count). The van der Waals surface area contributed by atoms with Gasteiger partial charge in [0.1, 0.15) is 0 Å². The normalized spacial score (nSPS) is 13.9. The van der Waals surface area contributed by atoms with E-state index >= 15 is 0 Å². The van der Waals surface area contributed by atoms with E-state index < -0.39 is 22.2 Å². The summed E-state index contributed by atoms with van der Waals surface area (Å²) in [5, 5.41) is 10.4. The Bertz CT molecular complexity index is 1150. The molecule has 0 unspecified atom stereocenters. The van der Waals surface area contributed by atoms with E-state index in [0.717, 1.165) is 37.4 Å². The first kappa shape index (κ1) is 27.9. The molecule has 1 saturated heterocycles. The smallest absolute Gasteiger partial charge is 0.475 e. The van der Waals surface area contributed by atoms with Crippen LogP contribution in [0.1, 0.15) is 15.9 Å². The van der Waals surface area contributed by atoms with Gasteiger partial charge in [-0.2, -0.15) is 13.2 Å². The molecule has 0 atom stereocenters. The molecule has 0 spiro atoms. The lowest BCUT2D eigenvalue weighted by Gasteiger charge is -2.31. The van der Waals surface area contributed by atoms with Crippen molar-refractivity contribution >= 4 is 33.3 Å². The Morgan fingerprint density at radius 2 is 1.60 bits per heavy atom. The summed E-state index contributed by atoms with van der Waals surface area (Å²) in [5.74, 6) is -2.94. The zero-order valence-electron chi connectivity index (χ0n) is 19.4. The Labute approximate surface area is 201 Å². The summed E-state index contributed by atoms with van der Waals surface area (Å²) in [4.78, 5) is 25.1. The number of anilines is 2. The van der Waals surface area contributed by atoms with Crippen molar-refractivity contribution in [3.8, 4) is 0 Å². The van der Waals surface area contributed by atoms with Crippen LogP contribution in [0.3, 0.4) is 0 Å². The number of hydrogen-bond donors (Lipinski definition) is 3. The van der Waals surface area contributed by atoms with Gasteiger partial charge >= 0.3 is 12.1 Å². The highest BCUT2D eigenvalue weighted by molar-refractivity contribution is 7.92. The van der Waals surface area contributed by atoms with E-state index in [1.807, 2.05) is 13.0 Å². The molecule has 1 heterocycles. The van der Waals surface area contributed by atoms with Gasteiger partial charge in [0.05, 0.1) is 16.3 Å². The lowest BCUT2D eigenvalue weighted by molar-refractivity contribution is -0.192. The molecule has 192 valence electrons. The van der Waals surface area contributed by atoms with Crippen molar-refractivity contribution in [3.63, 3.8) is 0 Å². The molecule has 0 aliphatic carbocycles. The standard InChI is InChI=1S/C20H26N4O3S.C2HF3O2/c1-15-4-7-17(8-5-15)28(26,27)22-18-14-16(20(25)23(2)3)6-9-19(18)24-12-10-21-11-13-24;3-2(4,5)1(6)7/h4-9,14,21-22H,10-13H2,1-3H3;(H,6,7). The topological polar surface area (TPSA) is 119 Å². The number of carbonyl (C=O) groups excluding carboxylic acids is 1. The maximum atomic E-state index is 12.9. The number of carboxylic acids is 1. The molecular weight excluding hydrogens is 489 g/mol. The lowest BCUT2D eigenvalue weighted by atomic mass is 10.1. The first-order chi connectivity index (χ1) is 16.2. The molecule has 1 amide bonds. The van der Waals surface area contributed by atoms with Crippen LogP contribution >= 0.6 is 0 Å². The van der Waals surface area contributed by atoms with Crippen LogP contribution in [-0.4, -0.2) is 76.8 Å². The first-order valence-corrected chi connectivity index (χ1v) is 11.9. The van der Waals surface area contributed by atoms with E-state index in [1.54, 1.807) is 50.5 Å². The Morgan fingerprint density at radius 1 is 1.06 bits per heavy atom. The number of aryl methyl sites for hydroxylation is 1. The number of halogens is 3. The second-order valence-electron chi connectivity index (χ2n) is 7.89. The number of carboxylic acid groups (broad SMARTS) is 1. The van der Waals surface area contributed by atoms with E-state index in [4.69, 9.17) is 9.90 Å². The Morgan fingerprint density at radius 3 is 2.09 bits per heavy atom. The van der Waals surface area contributed by atoms with Crippen LogP contribution in [0.15, 0.2) is 47.4 Å². The third kappa shape index (κ3) is 7.86. The predicted octanol–water partition coefficient (Wildman–Crippen LogP) is 2.54. The highest BCUT2D eigenvalue weighted by Crippen LogP contribution is 2.30. The number of aliphatic carboxylic acids is 1. The number of piperazine rings is 1. The molecule has 1 fully saturated rings. The molecule has 3 N–H and O–H groups in total. The largest absolute Gasteiger partial charge is 0.490 e. The van der Waals surface area contributed by atoms with E-state index in [2.05, 4.69) is 14.9 Å². The number of amides is 1. The van der Waals surface area contributed by atoms with Crippen molar-refractivity contribution in [2.45, 2.75) is 18.0 Å². The third-order valence-corrected chi connectivity index (χ3v) is 6.31. The molecule has 2 aromatic rings. The molecule has 1 aliphatic rings. The van der Waals surface area contributed by atoms with Crippen molar-refractivity contribution in [2.75, 3.05) is 49.9 Å². The first-order valence-electron chi connectivity index (χ1n) is 10.4. The van der Waals surface area contributed by atoms with Gasteiger partial charge in [0, 0.05) is 45.8 Å². The SMILES string of the molecule is Cc1ccc(S(=O)(=O)Nc2cc(C(=O)N(C)C)ccc2N2CCNCC2)cc1.O=C(O)C(F)(F)F. The summed E-state index contributed by atoms with van der Waals surface area (Å²) in [7, 11) is -0.432. The van der Waals surface area contributed by atoms with E-state index in [-0.39, 0.29) is 10.8 Å². The minimum atomic E-state index is -5.08. The zero-order chi connectivity index (χ0) is 26.4. The van der Waals surface area contributed by atoms with Crippen molar-refractivity contribution in [3.05, 3.63) is 53.6 Å². The number of rotatable bonds is 5. The summed E-state index contributed by atoms with van der Waals surface area (Å²) < 4.78 is 60.3. The van der Waals surface area contributed by atoms with Gasteiger partial charge in [-0.15, -0.1) is 0 Å². The Balaban J connectivity index is 0.000000540. The van der Waals surface area contributed by atoms with Crippen LogP contribution in [0.25, 0.3) is 0 Å². The van der Waals surface area contributed by atoms with Gasteiger partial charge < -0.3 is 20.2 Å². The highest BCUT2D eigenvalue weighted by atomic mass is 32.2. The van der Waals surface area contributed by atoms with Gasteiger partial charge in [-0.05, 0) is 37.3 Å². The second-order valence-corrected chi connectivity index (χ2v) is 9.57. The fraction of sp³-hybridized carbons (Fsp3) is 0.364. The summed E-state index contributed by atoms with van der Waals surface area (Å²) in [6, 6.07) is 11.9. The quantitative estimate of drug-likeness (QED) is 0.559. The molecule has 0 radical (unpaired) electrons. The van der Waals surface area contributed by atoms with Crippen molar-refractivity contribution in [1.29, 1.82) is 0 Å². The molecule has 2 aromatic carbocycles. The van der Waals surface area contributed by atoms with Crippen molar-refractivity contribution < 1.29 is 36.3 Å². The van der Waals surface area contributed by atoms with E-state index in [1.165, 1.54) is 4.90 Å². The summed E-state index contributed by atoms with van der Waals surface area (Å²) in [6.45, 7) is 5.08. The number of carbonyl (C=O) groups is 2. The molecule has 1 aliphatic heterocycles. The molecule has 35 heavy (non-hydrogen) atoms. The highest BCUT2D eigenvalue weighted by Gasteiger charge is 2.38. The molecule has 13 heteroatoms. The fourth-order valence-corrected chi connectivity index (χ4v) is 4.18. The van der Waals surface area contributed by atoms with Gasteiger partial charge in [0.25, 0.3) is 15.9 Å². The van der Waals surface area contributed by atoms with Gasteiger partial charge in [-0.25, -0.2) is 13.2 Å². The van der Waals surface area contributed by atoms with Crippen LogP contribution in [0, 0.1) is 6.92 Å². The number of benzene rings is 2. The lowest BCUT2D eigenvalue weighted by Crippen LogP contribution is -2.43. The molecule has 9 nitrogen and oxygen atoms in total. The zero-order valence-corrected chi connectivity index (χ0v) is 20.2. The van der Waals surface area contributed by atoms with Gasteiger partial charge in [-0.1, -0.05) is 17.7 Å². The van der Waals surface area contributed by atoms with Crippen LogP contribution < -0.4 is 14.9 Å². The van der Waals surface area contributed by atoms with Crippen LogP contribution in [0.5, 0.6) is 0 Å². The Hall–Kier alpha value is -3.32. The van der Waals surface area contributed by atoms with Crippen LogP contribution in [0.2, 0.25) is 0 Å². The number of nitrogens with zero attached hydrogens (tertiary/aromatic N) is 2. The molecular formula is C22H27F3N4O5S. The number of hydrogen-bond acceptors (Lipinski definition) is 6. The van der Waals surface area contributed by atoms with Gasteiger partial charge in [-0.3, -0.25) is 9.52 Å². The summed E-state index contributed by atoms with van der Waals surface area (Å²) in [5.41, 5.74) is 2.60. The summed E-state index contributed by atoms with van der Waals surface area (Å²) >= 11 is 0. The minimum Gasteiger partial charge on any atom is -0.475 e. The molecule has 0 saturated carbocycles. The minimum absolute atomic E-state index is 0.178. The van der Waals surface area contributed by atoms with Crippen LogP contribution in [-0.2, 0) is 14.8 Å². The van der Waals surface area contributed by atoms with Crippen molar-refractivity contribution in [2.24, 2.45) is 0 Å². The van der Waals surface area contributed by atoms with Gasteiger partial charge in [0.15, 0.2) is 0 Å². The monoisotopic (exact) mass is 516 g/mol. The fourth-order valence-electron chi connectivity index (χ4n) is 3.11. The maximum absolute atomic E-state index is 12.9. The van der Waals surface area contributed by atoms with Gasteiger partial charge in [0.2, 0.25) is 0 Å². The van der Waals surface area contributed by atoms with E-state index in [0.29, 0.717) is 11.3 Å². The third-order valence-electron chi connectivity index (χ3n) is 4.93. The summed E-state index contributed by atoms with van der Waals surface area (Å²) in [6.07, 6.45) is -5.08. The van der Waals surface area contributed by atoms with Crippen LogP contribution in [0.4, 0.5) is 24.5 Å². The Kier molecular flexibility index (Phi) is 9.10. The average molecular weight is 517 g/mol. The predicted molar refractivity (Wildman–Crippen MR) is 125 cm³/mol. The number of alkyl halides is 3. The maximum Gasteiger partial charge on any atom is 0.490 e. The van der Waals surface area contributed by atoms with Crippen molar-refractivity contribution in [1.82, 2.24) is 10.2 Å². The number of nitrogens with one attached hydrogen (secondary N) is 2. The van der Waals surface area contributed by atoms with E-state index in [9.17, 15) is 26.4 Å². The molecule has 0 bridgehead atoms. The number of sulfonamides is 1. The molecule has 0 aromatic heterocycles. The second kappa shape index (κ2) is 11.4.